The molecule has 2 aromatic carbocycles. The van der Waals surface area contributed by atoms with Crippen LogP contribution < -0.4 is 10.6 Å². The average molecular weight is 368 g/mol. The van der Waals surface area contributed by atoms with E-state index in [4.69, 9.17) is 5.73 Å². The van der Waals surface area contributed by atoms with Gasteiger partial charge in [0.05, 0.1) is 11.1 Å². The molecule has 0 atom stereocenters. The van der Waals surface area contributed by atoms with Gasteiger partial charge in [0.25, 0.3) is 0 Å². The number of benzene rings is 2. The number of sulfone groups is 1. The topological polar surface area (TPSA) is 89.2 Å². The van der Waals surface area contributed by atoms with Gasteiger partial charge in [-0.15, -0.1) is 0 Å². The third-order valence-corrected chi connectivity index (χ3v) is 5.78. The first-order valence-corrected chi connectivity index (χ1v) is 9.55. The molecule has 0 saturated heterocycles. The molecule has 7 heteroatoms. The van der Waals surface area contributed by atoms with Gasteiger partial charge in [-0.3, -0.25) is 0 Å². The molecule has 26 heavy (non-hydrogen) atoms. The SMILES string of the molecule is Cc1ccc(S(=O)(=O)c2cnc(N(C)Cc3ccccc3)nc2N)cc1. The van der Waals surface area contributed by atoms with Crippen molar-refractivity contribution in [3.05, 3.63) is 71.9 Å². The minimum atomic E-state index is -3.76. The number of hydrogen-bond donors (Lipinski definition) is 1. The largest absolute Gasteiger partial charge is 0.382 e. The molecule has 3 aromatic rings. The van der Waals surface area contributed by atoms with E-state index in [1.165, 1.54) is 6.20 Å². The summed E-state index contributed by atoms with van der Waals surface area (Å²) >= 11 is 0. The molecule has 2 N–H and O–H groups in total. The van der Waals surface area contributed by atoms with Gasteiger partial charge in [-0.2, -0.15) is 4.98 Å². The Morgan fingerprint density at radius 1 is 1.04 bits per heavy atom. The van der Waals surface area contributed by atoms with Crippen LogP contribution in [0, 0.1) is 6.92 Å². The Morgan fingerprint density at radius 2 is 1.69 bits per heavy atom. The third kappa shape index (κ3) is 3.67. The minimum absolute atomic E-state index is 0.0597. The van der Waals surface area contributed by atoms with Gasteiger partial charge in [-0.1, -0.05) is 48.0 Å². The minimum Gasteiger partial charge on any atom is -0.382 e. The maximum absolute atomic E-state index is 12.8. The van der Waals surface area contributed by atoms with Gasteiger partial charge in [-0.05, 0) is 24.6 Å². The summed E-state index contributed by atoms with van der Waals surface area (Å²) in [7, 11) is -1.93. The Morgan fingerprint density at radius 3 is 2.31 bits per heavy atom. The van der Waals surface area contributed by atoms with E-state index >= 15 is 0 Å². The van der Waals surface area contributed by atoms with Gasteiger partial charge in [0.1, 0.15) is 10.7 Å². The highest BCUT2D eigenvalue weighted by Crippen LogP contribution is 2.25. The molecule has 0 aliphatic heterocycles. The summed E-state index contributed by atoms with van der Waals surface area (Å²) in [4.78, 5) is 10.3. The molecule has 0 unspecified atom stereocenters. The standard InChI is InChI=1S/C19H20N4O2S/c1-14-8-10-16(11-9-14)26(24,25)17-12-21-19(22-18(17)20)23(2)13-15-6-4-3-5-7-15/h3-12H,13H2,1-2H3,(H2,20,21,22). The zero-order valence-corrected chi connectivity index (χ0v) is 15.4. The van der Waals surface area contributed by atoms with Crippen molar-refractivity contribution in [3.63, 3.8) is 0 Å². The van der Waals surface area contributed by atoms with Crippen LogP contribution in [-0.4, -0.2) is 25.4 Å². The predicted molar refractivity (Wildman–Crippen MR) is 102 cm³/mol. The van der Waals surface area contributed by atoms with Gasteiger partial charge in [-0.25, -0.2) is 13.4 Å². The molecular formula is C19H20N4O2S. The molecule has 0 bridgehead atoms. The van der Waals surface area contributed by atoms with E-state index in [9.17, 15) is 8.42 Å². The highest BCUT2D eigenvalue weighted by atomic mass is 32.2. The number of aromatic nitrogens is 2. The Balaban J connectivity index is 1.88. The Kier molecular flexibility index (Phi) is 4.90. The van der Waals surface area contributed by atoms with Crippen LogP contribution in [0.1, 0.15) is 11.1 Å². The first-order chi connectivity index (χ1) is 12.4. The van der Waals surface area contributed by atoms with E-state index in [2.05, 4.69) is 9.97 Å². The number of nitrogen functional groups attached to an aromatic ring is 1. The van der Waals surface area contributed by atoms with Crippen LogP contribution in [0.5, 0.6) is 0 Å². The van der Waals surface area contributed by atoms with Crippen molar-refractivity contribution in [1.82, 2.24) is 9.97 Å². The normalized spacial score (nSPS) is 11.3. The van der Waals surface area contributed by atoms with Gasteiger partial charge in [0.2, 0.25) is 15.8 Å². The Hall–Kier alpha value is -2.93. The van der Waals surface area contributed by atoms with Crippen LogP contribution >= 0.6 is 0 Å². The molecule has 0 saturated carbocycles. The highest BCUT2D eigenvalue weighted by molar-refractivity contribution is 7.91. The van der Waals surface area contributed by atoms with Gasteiger partial charge in [0, 0.05) is 13.6 Å². The molecule has 0 fully saturated rings. The van der Waals surface area contributed by atoms with E-state index in [0.717, 1.165) is 11.1 Å². The average Bonchev–Trinajstić information content (AvgIpc) is 2.62. The van der Waals surface area contributed by atoms with Crippen molar-refractivity contribution in [2.24, 2.45) is 0 Å². The maximum Gasteiger partial charge on any atom is 0.227 e. The predicted octanol–water partition coefficient (Wildman–Crippen LogP) is 2.84. The van der Waals surface area contributed by atoms with Crippen molar-refractivity contribution in [2.45, 2.75) is 23.3 Å². The van der Waals surface area contributed by atoms with E-state index in [1.54, 1.807) is 24.3 Å². The lowest BCUT2D eigenvalue weighted by molar-refractivity contribution is 0.595. The molecule has 6 nitrogen and oxygen atoms in total. The second-order valence-corrected chi connectivity index (χ2v) is 8.00. The summed E-state index contributed by atoms with van der Waals surface area (Å²) in [6.45, 7) is 2.48. The summed E-state index contributed by atoms with van der Waals surface area (Å²) in [6, 6.07) is 16.4. The number of hydrogen-bond acceptors (Lipinski definition) is 6. The van der Waals surface area contributed by atoms with Crippen LogP contribution in [0.2, 0.25) is 0 Å². The number of anilines is 2. The summed E-state index contributed by atoms with van der Waals surface area (Å²) in [5.41, 5.74) is 8.02. The van der Waals surface area contributed by atoms with Crippen molar-refractivity contribution in [2.75, 3.05) is 17.7 Å². The molecule has 3 rings (SSSR count). The number of nitrogens with two attached hydrogens (primary N) is 1. The van der Waals surface area contributed by atoms with Crippen LogP contribution in [0.3, 0.4) is 0 Å². The van der Waals surface area contributed by atoms with E-state index in [-0.39, 0.29) is 15.6 Å². The fourth-order valence-corrected chi connectivity index (χ4v) is 3.80. The fraction of sp³-hybridized carbons (Fsp3) is 0.158. The highest BCUT2D eigenvalue weighted by Gasteiger charge is 2.23. The number of rotatable bonds is 5. The zero-order chi connectivity index (χ0) is 18.7. The van der Waals surface area contributed by atoms with Gasteiger partial charge >= 0.3 is 0 Å². The number of nitrogens with zero attached hydrogens (tertiary/aromatic N) is 3. The molecule has 134 valence electrons. The van der Waals surface area contributed by atoms with Gasteiger partial charge < -0.3 is 10.6 Å². The van der Waals surface area contributed by atoms with Crippen LogP contribution in [0.15, 0.2) is 70.6 Å². The molecular weight excluding hydrogens is 348 g/mol. The van der Waals surface area contributed by atoms with Crippen LogP contribution in [-0.2, 0) is 16.4 Å². The van der Waals surface area contributed by atoms with Crippen molar-refractivity contribution < 1.29 is 8.42 Å². The molecule has 0 aliphatic rings. The Bertz CT molecular complexity index is 1000. The molecule has 1 heterocycles. The van der Waals surface area contributed by atoms with Crippen molar-refractivity contribution in [1.29, 1.82) is 0 Å². The fourth-order valence-electron chi connectivity index (χ4n) is 2.54. The molecule has 0 radical (unpaired) electrons. The summed E-state index contributed by atoms with van der Waals surface area (Å²) in [5, 5.41) is 0. The maximum atomic E-state index is 12.8. The number of aryl methyl sites for hydroxylation is 1. The van der Waals surface area contributed by atoms with Crippen LogP contribution in [0.4, 0.5) is 11.8 Å². The molecule has 0 amide bonds. The van der Waals surface area contributed by atoms with E-state index in [1.807, 2.05) is 49.2 Å². The first-order valence-electron chi connectivity index (χ1n) is 8.07. The lowest BCUT2D eigenvalue weighted by Crippen LogP contribution is -2.20. The summed E-state index contributed by atoms with van der Waals surface area (Å²) in [6.07, 6.45) is 1.27. The molecule has 0 spiro atoms. The smallest absolute Gasteiger partial charge is 0.227 e. The quantitative estimate of drug-likeness (QED) is 0.745. The second kappa shape index (κ2) is 7.13. The summed E-state index contributed by atoms with van der Waals surface area (Å²) in [5.74, 6) is 0.310. The van der Waals surface area contributed by atoms with Crippen LogP contribution in [0.25, 0.3) is 0 Å². The third-order valence-electron chi connectivity index (χ3n) is 3.99. The first kappa shape index (κ1) is 17.9. The lowest BCUT2D eigenvalue weighted by atomic mass is 10.2. The molecule has 1 aromatic heterocycles. The molecule has 0 aliphatic carbocycles. The monoisotopic (exact) mass is 368 g/mol. The summed E-state index contributed by atoms with van der Waals surface area (Å²) < 4.78 is 25.5. The lowest BCUT2D eigenvalue weighted by Gasteiger charge is -2.18. The van der Waals surface area contributed by atoms with E-state index < -0.39 is 9.84 Å². The van der Waals surface area contributed by atoms with Crippen molar-refractivity contribution >= 4 is 21.6 Å². The zero-order valence-electron chi connectivity index (χ0n) is 14.6. The van der Waals surface area contributed by atoms with Gasteiger partial charge in [0.15, 0.2) is 0 Å². The van der Waals surface area contributed by atoms with Crippen molar-refractivity contribution in [3.8, 4) is 0 Å². The second-order valence-electron chi connectivity index (χ2n) is 6.08. The van der Waals surface area contributed by atoms with E-state index in [0.29, 0.717) is 12.5 Å². The Labute approximate surface area is 153 Å².